The Balaban J connectivity index is 0.000000177. The third-order valence-corrected chi connectivity index (χ3v) is 4.32. The van der Waals surface area contributed by atoms with Gasteiger partial charge in [-0.1, -0.05) is 0 Å². The fourth-order valence-corrected chi connectivity index (χ4v) is 3.28. The first-order valence-corrected chi connectivity index (χ1v) is 7.31. The van der Waals surface area contributed by atoms with Crippen LogP contribution in [0.2, 0.25) is 0 Å². The molecular weight excluding hydrogens is 342 g/mol. The largest absolute Gasteiger partial charge is 0.478 e. The predicted octanol–water partition coefficient (Wildman–Crippen LogP) is 1.30. The molecule has 2 fully saturated rings. The molecule has 0 saturated carbocycles. The number of carboxylic acids is 2. The molecule has 3 N–H and O–H groups in total. The molecule has 21 heavy (non-hydrogen) atoms. The predicted molar refractivity (Wildman–Crippen MR) is 78.0 cm³/mol. The van der Waals surface area contributed by atoms with Crippen molar-refractivity contribution in [1.29, 1.82) is 0 Å². The maximum atomic E-state index is 9.55. The molecule has 1 aromatic rings. The van der Waals surface area contributed by atoms with Crippen molar-refractivity contribution in [3.05, 3.63) is 28.5 Å². The molecule has 0 amide bonds. The molecule has 3 heterocycles. The smallest absolute Gasteiger partial charge is 0.328 e. The molecule has 1 aromatic heterocycles. The van der Waals surface area contributed by atoms with Crippen molar-refractivity contribution >= 4 is 27.9 Å². The Morgan fingerprint density at radius 2 is 2.00 bits per heavy atom. The van der Waals surface area contributed by atoms with E-state index in [0.717, 1.165) is 10.4 Å². The standard InChI is InChI=1S/C9H12BrN3.C4H4O4/c10-8-3-11-12-9(8)7-5-13-2-1-6(7)4-13;5-3(6)1-2-4(7)8/h3,6-7H,1-2,4-5H2,(H,11,12);1-2H,(H,5,6)(H,7,8). The van der Waals surface area contributed by atoms with Gasteiger partial charge in [-0.15, -0.1) is 0 Å². The van der Waals surface area contributed by atoms with E-state index < -0.39 is 11.9 Å². The minimum atomic E-state index is -1.26. The molecule has 2 aliphatic rings. The maximum absolute atomic E-state index is 9.55. The quantitative estimate of drug-likeness (QED) is 0.704. The number of fused-ring (bicyclic) bond motifs is 2. The van der Waals surface area contributed by atoms with Gasteiger partial charge in [-0.25, -0.2) is 9.59 Å². The van der Waals surface area contributed by atoms with Gasteiger partial charge in [0, 0.05) is 31.2 Å². The third kappa shape index (κ3) is 4.15. The number of H-pyrrole nitrogens is 1. The Bertz CT molecular complexity index is 541. The summed E-state index contributed by atoms with van der Waals surface area (Å²) in [5, 5.41) is 22.8. The highest BCUT2D eigenvalue weighted by molar-refractivity contribution is 9.10. The summed E-state index contributed by atoms with van der Waals surface area (Å²) in [5.74, 6) is -0.970. The minimum absolute atomic E-state index is 0.558. The Morgan fingerprint density at radius 3 is 2.38 bits per heavy atom. The molecule has 0 aromatic carbocycles. The first-order valence-electron chi connectivity index (χ1n) is 6.52. The molecule has 0 aliphatic carbocycles. The van der Waals surface area contributed by atoms with Crippen LogP contribution in [0, 0.1) is 5.92 Å². The first kappa shape index (κ1) is 15.7. The molecule has 7 nitrogen and oxygen atoms in total. The number of carboxylic acid groups (broad SMARTS) is 2. The minimum Gasteiger partial charge on any atom is -0.478 e. The average molecular weight is 358 g/mol. The van der Waals surface area contributed by atoms with Crippen molar-refractivity contribution in [1.82, 2.24) is 15.1 Å². The number of carbonyl (C=O) groups is 2. The Labute approximate surface area is 129 Å². The summed E-state index contributed by atoms with van der Waals surface area (Å²) in [5.41, 5.74) is 1.30. The highest BCUT2D eigenvalue weighted by Crippen LogP contribution is 2.40. The van der Waals surface area contributed by atoms with E-state index in [2.05, 4.69) is 31.0 Å². The van der Waals surface area contributed by atoms with E-state index in [4.69, 9.17) is 10.2 Å². The number of aliphatic carboxylic acids is 2. The van der Waals surface area contributed by atoms with Crippen LogP contribution in [-0.2, 0) is 9.59 Å². The molecule has 2 aliphatic heterocycles. The summed E-state index contributed by atoms with van der Waals surface area (Å²) < 4.78 is 1.14. The van der Waals surface area contributed by atoms with Gasteiger partial charge >= 0.3 is 11.9 Å². The number of nitrogens with one attached hydrogen (secondary N) is 1. The molecule has 8 heteroatoms. The zero-order chi connectivity index (χ0) is 15.4. The molecule has 0 spiro atoms. The average Bonchev–Trinajstić information content (AvgIpc) is 3.12. The van der Waals surface area contributed by atoms with Crippen LogP contribution >= 0.6 is 15.9 Å². The number of rotatable bonds is 3. The van der Waals surface area contributed by atoms with Gasteiger partial charge in [0.2, 0.25) is 0 Å². The van der Waals surface area contributed by atoms with Gasteiger partial charge in [0.15, 0.2) is 0 Å². The third-order valence-electron chi connectivity index (χ3n) is 3.69. The topological polar surface area (TPSA) is 107 Å². The van der Waals surface area contributed by atoms with E-state index in [1.807, 2.05) is 6.20 Å². The molecule has 2 saturated heterocycles. The normalized spacial score (nSPS) is 26.6. The summed E-state index contributed by atoms with van der Waals surface area (Å²) in [6.45, 7) is 3.80. The van der Waals surface area contributed by atoms with Crippen LogP contribution < -0.4 is 0 Å². The lowest BCUT2D eigenvalue weighted by atomic mass is 9.90. The van der Waals surface area contributed by atoms with Crippen LogP contribution in [-0.4, -0.2) is 56.9 Å². The van der Waals surface area contributed by atoms with E-state index >= 15 is 0 Å². The van der Waals surface area contributed by atoms with Crippen molar-refractivity contribution in [2.75, 3.05) is 19.6 Å². The molecular formula is C13H16BrN3O4. The van der Waals surface area contributed by atoms with Crippen molar-refractivity contribution in [3.63, 3.8) is 0 Å². The Morgan fingerprint density at radius 1 is 1.33 bits per heavy atom. The van der Waals surface area contributed by atoms with Crippen LogP contribution in [0.25, 0.3) is 0 Å². The highest BCUT2D eigenvalue weighted by atomic mass is 79.9. The number of aromatic amines is 1. The highest BCUT2D eigenvalue weighted by Gasteiger charge is 2.40. The van der Waals surface area contributed by atoms with Crippen LogP contribution in [0.15, 0.2) is 22.8 Å². The number of hydrogen-bond donors (Lipinski definition) is 3. The van der Waals surface area contributed by atoms with Gasteiger partial charge in [0.05, 0.1) is 16.4 Å². The van der Waals surface area contributed by atoms with Crippen molar-refractivity contribution < 1.29 is 19.8 Å². The second-order valence-corrected chi connectivity index (χ2v) is 5.91. The summed E-state index contributed by atoms with van der Waals surface area (Å²) in [4.78, 5) is 21.7. The monoisotopic (exact) mass is 357 g/mol. The second kappa shape index (κ2) is 6.86. The fourth-order valence-electron chi connectivity index (χ4n) is 2.80. The summed E-state index contributed by atoms with van der Waals surface area (Å²) in [7, 11) is 0. The number of halogens is 1. The van der Waals surface area contributed by atoms with Crippen LogP contribution in [0.5, 0.6) is 0 Å². The van der Waals surface area contributed by atoms with Gasteiger partial charge in [-0.05, 0) is 34.8 Å². The number of piperidine rings is 1. The van der Waals surface area contributed by atoms with Gasteiger partial charge in [0.1, 0.15) is 0 Å². The lowest BCUT2D eigenvalue weighted by Crippen LogP contribution is -2.22. The first-order chi connectivity index (χ1) is 9.97. The van der Waals surface area contributed by atoms with Gasteiger partial charge in [-0.2, -0.15) is 5.10 Å². The van der Waals surface area contributed by atoms with Crippen molar-refractivity contribution in [2.24, 2.45) is 5.92 Å². The van der Waals surface area contributed by atoms with Gasteiger partial charge < -0.3 is 15.1 Å². The molecule has 114 valence electrons. The van der Waals surface area contributed by atoms with Gasteiger partial charge in [-0.3, -0.25) is 5.10 Å². The van der Waals surface area contributed by atoms with E-state index in [1.165, 1.54) is 31.7 Å². The fraction of sp³-hybridized carbons (Fsp3) is 0.462. The molecule has 0 radical (unpaired) electrons. The summed E-state index contributed by atoms with van der Waals surface area (Å²) in [6, 6.07) is 0. The zero-order valence-electron chi connectivity index (χ0n) is 11.2. The zero-order valence-corrected chi connectivity index (χ0v) is 12.8. The van der Waals surface area contributed by atoms with Crippen molar-refractivity contribution in [3.8, 4) is 0 Å². The Hall–Kier alpha value is -1.67. The van der Waals surface area contributed by atoms with E-state index in [1.54, 1.807) is 0 Å². The molecule has 3 atom stereocenters. The second-order valence-electron chi connectivity index (χ2n) is 5.06. The van der Waals surface area contributed by atoms with E-state index in [9.17, 15) is 9.59 Å². The maximum Gasteiger partial charge on any atom is 0.328 e. The van der Waals surface area contributed by atoms with Crippen LogP contribution in [0.3, 0.4) is 0 Å². The molecule has 3 rings (SSSR count). The van der Waals surface area contributed by atoms with E-state index in [-0.39, 0.29) is 0 Å². The lowest BCUT2D eigenvalue weighted by Gasteiger charge is -2.20. The van der Waals surface area contributed by atoms with Gasteiger partial charge in [0.25, 0.3) is 0 Å². The van der Waals surface area contributed by atoms with Crippen LogP contribution in [0.1, 0.15) is 18.0 Å². The van der Waals surface area contributed by atoms with E-state index in [0.29, 0.717) is 18.1 Å². The molecule has 2 bridgehead atoms. The van der Waals surface area contributed by atoms with Crippen LogP contribution in [0.4, 0.5) is 0 Å². The molecule has 3 unspecified atom stereocenters. The SMILES string of the molecule is Brc1cn[nH]c1C1CN2CCC1C2.O=C(O)C=CC(=O)O. The Kier molecular flexibility index (Phi) is 5.13. The summed E-state index contributed by atoms with van der Waals surface area (Å²) >= 11 is 3.54. The number of aromatic nitrogens is 2. The lowest BCUT2D eigenvalue weighted by molar-refractivity contribution is -0.134. The number of hydrogen-bond acceptors (Lipinski definition) is 4. The number of nitrogens with zero attached hydrogens (tertiary/aromatic N) is 2. The summed E-state index contributed by atoms with van der Waals surface area (Å²) in [6.07, 6.45) is 4.33. The van der Waals surface area contributed by atoms with Crippen molar-refractivity contribution in [2.45, 2.75) is 12.3 Å².